The summed E-state index contributed by atoms with van der Waals surface area (Å²) in [5.41, 5.74) is 0.137. The molecular weight excluding hydrogens is 240 g/mol. The molecule has 0 saturated carbocycles. The second-order valence-electron chi connectivity index (χ2n) is 3.24. The number of benzene rings is 1. The molecule has 1 rings (SSSR count). The van der Waals surface area contributed by atoms with Crippen LogP contribution in [0, 0.1) is 0 Å². The van der Waals surface area contributed by atoms with Crippen LogP contribution in [-0.2, 0) is 9.53 Å². The van der Waals surface area contributed by atoms with Crippen LogP contribution in [0.15, 0.2) is 18.2 Å². The monoisotopic (exact) mass is 254 g/mol. The molecule has 0 atom stereocenters. The van der Waals surface area contributed by atoms with E-state index in [1.54, 1.807) is 19.1 Å². The van der Waals surface area contributed by atoms with E-state index in [0.717, 1.165) is 0 Å². The minimum absolute atomic E-state index is 0.0702. The highest BCUT2D eigenvalue weighted by Crippen LogP contribution is 2.31. The Balaban J connectivity index is 3.07. The second-order valence-corrected chi connectivity index (χ2v) is 3.24. The first-order chi connectivity index (χ1) is 8.60. The predicted octanol–water partition coefficient (Wildman–Crippen LogP) is 1.34. The molecule has 0 aliphatic heterocycles. The van der Waals surface area contributed by atoms with Gasteiger partial charge in [0.25, 0.3) is 0 Å². The van der Waals surface area contributed by atoms with E-state index in [-0.39, 0.29) is 23.7 Å². The maximum Gasteiger partial charge on any atom is 0.342 e. The fraction of sp³-hybridized carbons (Fsp3) is 0.333. The van der Waals surface area contributed by atoms with Crippen LogP contribution in [0.1, 0.15) is 17.3 Å². The molecule has 0 aliphatic rings. The van der Waals surface area contributed by atoms with Gasteiger partial charge in [-0.15, -0.1) is 0 Å². The Morgan fingerprint density at radius 1 is 1.33 bits per heavy atom. The first-order valence-corrected chi connectivity index (χ1v) is 5.28. The Labute approximate surface area is 104 Å². The van der Waals surface area contributed by atoms with E-state index in [9.17, 15) is 9.59 Å². The average Bonchev–Trinajstić information content (AvgIpc) is 2.36. The third-order valence-electron chi connectivity index (χ3n) is 2.03. The number of carboxylic acids is 1. The minimum Gasteiger partial charge on any atom is -0.493 e. The smallest absolute Gasteiger partial charge is 0.342 e. The van der Waals surface area contributed by atoms with Crippen molar-refractivity contribution in [3.05, 3.63) is 23.8 Å². The third-order valence-corrected chi connectivity index (χ3v) is 2.03. The van der Waals surface area contributed by atoms with Gasteiger partial charge in [-0.1, -0.05) is 6.07 Å². The lowest BCUT2D eigenvalue weighted by Crippen LogP contribution is -2.14. The number of carbonyl (C=O) groups is 2. The van der Waals surface area contributed by atoms with Crippen LogP contribution < -0.4 is 9.47 Å². The molecule has 0 fully saturated rings. The Morgan fingerprint density at radius 2 is 2.06 bits per heavy atom. The van der Waals surface area contributed by atoms with Crippen molar-refractivity contribution in [1.29, 1.82) is 0 Å². The molecule has 0 amide bonds. The Bertz CT molecular complexity index is 440. The van der Waals surface area contributed by atoms with Crippen LogP contribution in [-0.4, -0.2) is 37.4 Å². The standard InChI is InChI=1S/C12H14O6/c1-3-17-12(15)8-5-4-6-9(16-2)11(8)18-7-10(13)14/h4-6H,3,7H2,1-2H3,(H,13,14). The molecule has 0 aliphatic carbocycles. The van der Waals surface area contributed by atoms with Crippen molar-refractivity contribution in [2.75, 3.05) is 20.3 Å². The summed E-state index contributed by atoms with van der Waals surface area (Å²) in [6, 6.07) is 4.65. The zero-order valence-electron chi connectivity index (χ0n) is 10.1. The van der Waals surface area contributed by atoms with Crippen molar-refractivity contribution in [2.45, 2.75) is 6.92 Å². The van der Waals surface area contributed by atoms with Gasteiger partial charge in [0, 0.05) is 0 Å². The average molecular weight is 254 g/mol. The second kappa shape index (κ2) is 6.48. The normalized spacial score (nSPS) is 9.67. The summed E-state index contributed by atoms with van der Waals surface area (Å²) in [6.45, 7) is 1.33. The molecule has 1 aromatic rings. The van der Waals surface area contributed by atoms with Crippen LogP contribution in [0.25, 0.3) is 0 Å². The first-order valence-electron chi connectivity index (χ1n) is 5.28. The molecule has 6 nitrogen and oxygen atoms in total. The van der Waals surface area contributed by atoms with Gasteiger partial charge in [-0.05, 0) is 19.1 Å². The maximum atomic E-state index is 11.7. The van der Waals surface area contributed by atoms with E-state index in [0.29, 0.717) is 0 Å². The number of carboxylic acid groups (broad SMARTS) is 1. The summed E-state index contributed by atoms with van der Waals surface area (Å²) >= 11 is 0. The zero-order valence-corrected chi connectivity index (χ0v) is 10.1. The number of ether oxygens (including phenoxy) is 3. The number of hydrogen-bond donors (Lipinski definition) is 1. The lowest BCUT2D eigenvalue weighted by molar-refractivity contribution is -0.139. The van der Waals surface area contributed by atoms with Crippen molar-refractivity contribution in [3.63, 3.8) is 0 Å². The molecular formula is C12H14O6. The van der Waals surface area contributed by atoms with Gasteiger partial charge in [0.15, 0.2) is 18.1 Å². The quantitative estimate of drug-likeness (QED) is 0.771. The summed E-state index contributed by atoms with van der Waals surface area (Å²) in [7, 11) is 1.40. The van der Waals surface area contributed by atoms with Crippen molar-refractivity contribution < 1.29 is 28.9 Å². The maximum absolute atomic E-state index is 11.7. The molecule has 0 bridgehead atoms. The van der Waals surface area contributed by atoms with Crippen LogP contribution >= 0.6 is 0 Å². The largest absolute Gasteiger partial charge is 0.493 e. The van der Waals surface area contributed by atoms with Gasteiger partial charge in [-0.25, -0.2) is 9.59 Å². The highest BCUT2D eigenvalue weighted by molar-refractivity contribution is 5.93. The summed E-state index contributed by atoms with van der Waals surface area (Å²) < 4.78 is 14.9. The van der Waals surface area contributed by atoms with E-state index in [2.05, 4.69) is 0 Å². The number of hydrogen-bond acceptors (Lipinski definition) is 5. The summed E-state index contributed by atoms with van der Waals surface area (Å²) in [6.07, 6.45) is 0. The minimum atomic E-state index is -1.14. The van der Waals surface area contributed by atoms with Gasteiger partial charge < -0.3 is 19.3 Å². The van der Waals surface area contributed by atoms with E-state index < -0.39 is 18.5 Å². The number of rotatable bonds is 6. The summed E-state index contributed by atoms with van der Waals surface area (Å²) in [5, 5.41) is 8.59. The third kappa shape index (κ3) is 3.38. The molecule has 0 unspecified atom stereocenters. The molecule has 0 heterocycles. The van der Waals surface area contributed by atoms with E-state index in [1.807, 2.05) is 0 Å². The molecule has 0 radical (unpaired) electrons. The van der Waals surface area contributed by atoms with Gasteiger partial charge in [0.1, 0.15) is 5.56 Å². The van der Waals surface area contributed by atoms with Gasteiger partial charge in [-0.3, -0.25) is 0 Å². The molecule has 6 heteroatoms. The SMILES string of the molecule is CCOC(=O)c1cccc(OC)c1OCC(=O)O. The first kappa shape index (κ1) is 13.8. The number of aliphatic carboxylic acids is 1. The number of methoxy groups -OCH3 is 1. The molecule has 0 aromatic heterocycles. The van der Waals surface area contributed by atoms with Crippen molar-refractivity contribution in [3.8, 4) is 11.5 Å². The van der Waals surface area contributed by atoms with Crippen LogP contribution in [0.2, 0.25) is 0 Å². The Kier molecular flexibility index (Phi) is 4.98. The predicted molar refractivity (Wildman–Crippen MR) is 62.1 cm³/mol. The van der Waals surface area contributed by atoms with Gasteiger partial charge >= 0.3 is 11.9 Å². The van der Waals surface area contributed by atoms with E-state index >= 15 is 0 Å². The zero-order chi connectivity index (χ0) is 13.5. The van der Waals surface area contributed by atoms with E-state index in [4.69, 9.17) is 19.3 Å². The number of esters is 1. The Hall–Kier alpha value is -2.24. The Morgan fingerprint density at radius 3 is 2.61 bits per heavy atom. The van der Waals surface area contributed by atoms with Crippen LogP contribution in [0.4, 0.5) is 0 Å². The van der Waals surface area contributed by atoms with Gasteiger partial charge in [-0.2, -0.15) is 0 Å². The fourth-order valence-electron chi connectivity index (χ4n) is 1.33. The molecule has 1 N–H and O–H groups in total. The van der Waals surface area contributed by atoms with Crippen molar-refractivity contribution >= 4 is 11.9 Å². The summed E-state index contributed by atoms with van der Waals surface area (Å²) in [5.74, 6) is -1.38. The summed E-state index contributed by atoms with van der Waals surface area (Å²) in [4.78, 5) is 22.2. The highest BCUT2D eigenvalue weighted by atomic mass is 16.5. The van der Waals surface area contributed by atoms with Crippen molar-refractivity contribution in [1.82, 2.24) is 0 Å². The number of para-hydroxylation sites is 1. The molecule has 0 spiro atoms. The fourth-order valence-corrected chi connectivity index (χ4v) is 1.33. The topological polar surface area (TPSA) is 82.1 Å². The van der Waals surface area contributed by atoms with Crippen LogP contribution in [0.5, 0.6) is 11.5 Å². The lowest BCUT2D eigenvalue weighted by Gasteiger charge is -2.12. The molecule has 18 heavy (non-hydrogen) atoms. The van der Waals surface area contributed by atoms with Gasteiger partial charge in [0.05, 0.1) is 13.7 Å². The highest BCUT2D eigenvalue weighted by Gasteiger charge is 2.18. The van der Waals surface area contributed by atoms with Gasteiger partial charge in [0.2, 0.25) is 0 Å². The molecule has 98 valence electrons. The number of carbonyl (C=O) groups excluding carboxylic acids is 1. The molecule has 1 aromatic carbocycles. The lowest BCUT2D eigenvalue weighted by atomic mass is 10.2. The van der Waals surface area contributed by atoms with E-state index in [1.165, 1.54) is 13.2 Å². The molecule has 0 saturated heterocycles. The van der Waals surface area contributed by atoms with Crippen molar-refractivity contribution in [2.24, 2.45) is 0 Å². The van der Waals surface area contributed by atoms with Crippen LogP contribution in [0.3, 0.4) is 0 Å².